The summed E-state index contributed by atoms with van der Waals surface area (Å²) < 4.78 is 5.62. The molecule has 4 heteroatoms. The van der Waals surface area contributed by atoms with E-state index in [4.69, 9.17) is 27.9 Å². The molecule has 1 fully saturated rings. The van der Waals surface area contributed by atoms with E-state index < -0.39 is 0 Å². The number of rotatable bonds is 4. The lowest BCUT2D eigenvalue weighted by molar-refractivity contribution is 0.0300. The van der Waals surface area contributed by atoms with Gasteiger partial charge in [-0.25, -0.2) is 0 Å². The highest BCUT2D eigenvalue weighted by Crippen LogP contribution is 2.29. The van der Waals surface area contributed by atoms with Gasteiger partial charge in [-0.3, -0.25) is 0 Å². The Labute approximate surface area is 125 Å². The van der Waals surface area contributed by atoms with Gasteiger partial charge < -0.3 is 10.1 Å². The average molecular weight is 302 g/mol. The van der Waals surface area contributed by atoms with E-state index in [1.54, 1.807) is 0 Å². The number of hydrogen-bond donors (Lipinski definition) is 1. The minimum Gasteiger partial charge on any atom is -0.381 e. The molecule has 1 aliphatic rings. The summed E-state index contributed by atoms with van der Waals surface area (Å²) in [6.07, 6.45) is 1.91. The highest BCUT2D eigenvalue weighted by molar-refractivity contribution is 6.35. The molecule has 0 radical (unpaired) electrons. The molecular weight excluding hydrogens is 281 g/mol. The van der Waals surface area contributed by atoms with Gasteiger partial charge >= 0.3 is 0 Å². The average Bonchev–Trinajstić information content (AvgIpc) is 2.35. The van der Waals surface area contributed by atoms with E-state index in [0.29, 0.717) is 18.0 Å². The summed E-state index contributed by atoms with van der Waals surface area (Å²) in [5.74, 6) is 0.425. The molecule has 1 saturated heterocycles. The Bertz CT molecular complexity index is 402. The van der Waals surface area contributed by atoms with Crippen LogP contribution in [0.1, 0.15) is 25.8 Å². The van der Waals surface area contributed by atoms with Crippen LogP contribution in [-0.4, -0.2) is 25.3 Å². The standard InChI is InChI=1S/C15H21Cl2NO/c1-10(2)18-15-6-7-19-9-11(15)8-12-13(16)4-3-5-14(12)17/h3-5,10-11,15,18H,6-9H2,1-2H3/t11-,15-/m1/s1. The van der Waals surface area contributed by atoms with Crippen LogP contribution in [0, 0.1) is 5.92 Å². The summed E-state index contributed by atoms with van der Waals surface area (Å²) in [4.78, 5) is 0. The highest BCUT2D eigenvalue weighted by Gasteiger charge is 2.27. The van der Waals surface area contributed by atoms with Crippen LogP contribution in [0.3, 0.4) is 0 Å². The third-order valence-electron chi connectivity index (χ3n) is 3.55. The fourth-order valence-corrected chi connectivity index (χ4v) is 3.19. The first-order valence-corrected chi connectivity index (χ1v) is 7.60. The van der Waals surface area contributed by atoms with Crippen LogP contribution < -0.4 is 5.32 Å². The van der Waals surface area contributed by atoms with Crippen molar-refractivity contribution < 1.29 is 4.74 Å². The summed E-state index contributed by atoms with van der Waals surface area (Å²) in [6.45, 7) is 5.95. The number of ether oxygens (including phenoxy) is 1. The number of benzene rings is 1. The van der Waals surface area contributed by atoms with E-state index in [9.17, 15) is 0 Å². The molecule has 0 saturated carbocycles. The fourth-order valence-electron chi connectivity index (χ4n) is 2.64. The predicted molar refractivity (Wildman–Crippen MR) is 81.2 cm³/mol. The summed E-state index contributed by atoms with van der Waals surface area (Å²) in [6, 6.07) is 6.64. The van der Waals surface area contributed by atoms with Crippen molar-refractivity contribution in [1.29, 1.82) is 0 Å². The number of halogens is 2. The summed E-state index contributed by atoms with van der Waals surface area (Å²) in [7, 11) is 0. The molecule has 1 aromatic rings. The Morgan fingerprint density at radius 1 is 1.32 bits per heavy atom. The Hall–Kier alpha value is -0.280. The molecule has 1 aromatic carbocycles. The van der Waals surface area contributed by atoms with Crippen molar-refractivity contribution in [2.24, 2.45) is 5.92 Å². The molecule has 1 heterocycles. The normalized spacial score (nSPS) is 23.8. The highest BCUT2D eigenvalue weighted by atomic mass is 35.5. The first-order valence-electron chi connectivity index (χ1n) is 6.84. The van der Waals surface area contributed by atoms with Gasteiger partial charge in [-0.1, -0.05) is 43.1 Å². The van der Waals surface area contributed by atoms with Gasteiger partial charge in [0.25, 0.3) is 0 Å². The zero-order chi connectivity index (χ0) is 13.8. The zero-order valence-electron chi connectivity index (χ0n) is 11.5. The second-order valence-electron chi connectivity index (χ2n) is 5.46. The second-order valence-corrected chi connectivity index (χ2v) is 6.27. The quantitative estimate of drug-likeness (QED) is 0.909. The third kappa shape index (κ3) is 4.09. The second kappa shape index (κ2) is 6.94. The van der Waals surface area contributed by atoms with Gasteiger partial charge in [0, 0.05) is 34.7 Å². The van der Waals surface area contributed by atoms with Gasteiger partial charge in [0.1, 0.15) is 0 Å². The molecule has 0 amide bonds. The third-order valence-corrected chi connectivity index (χ3v) is 4.26. The van der Waals surface area contributed by atoms with Crippen LogP contribution in [0.25, 0.3) is 0 Å². The van der Waals surface area contributed by atoms with Crippen molar-refractivity contribution in [1.82, 2.24) is 5.32 Å². The maximum atomic E-state index is 6.26. The van der Waals surface area contributed by atoms with Gasteiger partial charge in [-0.05, 0) is 30.5 Å². The van der Waals surface area contributed by atoms with Crippen LogP contribution in [0.5, 0.6) is 0 Å². The van der Waals surface area contributed by atoms with E-state index in [1.165, 1.54) is 0 Å². The molecule has 106 valence electrons. The molecule has 1 N–H and O–H groups in total. The minimum absolute atomic E-state index is 0.425. The van der Waals surface area contributed by atoms with Crippen molar-refractivity contribution in [2.45, 2.75) is 38.8 Å². The topological polar surface area (TPSA) is 21.3 Å². The molecule has 2 rings (SSSR count). The first-order chi connectivity index (χ1) is 9.08. The van der Waals surface area contributed by atoms with Crippen molar-refractivity contribution in [3.05, 3.63) is 33.8 Å². The van der Waals surface area contributed by atoms with Crippen LogP contribution >= 0.6 is 23.2 Å². The molecular formula is C15H21Cl2NO. The van der Waals surface area contributed by atoms with E-state index in [-0.39, 0.29) is 0 Å². The smallest absolute Gasteiger partial charge is 0.0512 e. The Balaban J connectivity index is 2.11. The lowest BCUT2D eigenvalue weighted by Gasteiger charge is -2.34. The molecule has 0 unspecified atom stereocenters. The van der Waals surface area contributed by atoms with E-state index in [1.807, 2.05) is 18.2 Å². The van der Waals surface area contributed by atoms with Crippen molar-refractivity contribution in [3.8, 4) is 0 Å². The van der Waals surface area contributed by atoms with Crippen LogP contribution in [-0.2, 0) is 11.2 Å². The molecule has 19 heavy (non-hydrogen) atoms. The van der Waals surface area contributed by atoms with Crippen LogP contribution in [0.4, 0.5) is 0 Å². The summed E-state index contributed by atoms with van der Waals surface area (Å²) in [5.41, 5.74) is 1.04. The van der Waals surface area contributed by atoms with E-state index in [0.717, 1.165) is 41.7 Å². The Morgan fingerprint density at radius 3 is 2.63 bits per heavy atom. The Morgan fingerprint density at radius 2 is 2.00 bits per heavy atom. The largest absolute Gasteiger partial charge is 0.381 e. The molecule has 0 bridgehead atoms. The number of hydrogen-bond acceptors (Lipinski definition) is 2. The Kier molecular flexibility index (Phi) is 5.52. The van der Waals surface area contributed by atoms with Gasteiger partial charge in [0.2, 0.25) is 0 Å². The molecule has 2 atom stereocenters. The summed E-state index contributed by atoms with van der Waals surface area (Å²) >= 11 is 12.5. The van der Waals surface area contributed by atoms with Gasteiger partial charge in [-0.15, -0.1) is 0 Å². The molecule has 1 aliphatic heterocycles. The monoisotopic (exact) mass is 301 g/mol. The zero-order valence-corrected chi connectivity index (χ0v) is 13.0. The van der Waals surface area contributed by atoms with Gasteiger partial charge in [0.15, 0.2) is 0 Å². The minimum atomic E-state index is 0.425. The van der Waals surface area contributed by atoms with Crippen molar-refractivity contribution in [3.63, 3.8) is 0 Å². The lowest BCUT2D eigenvalue weighted by atomic mass is 9.89. The summed E-state index contributed by atoms with van der Waals surface area (Å²) in [5, 5.41) is 5.13. The maximum absolute atomic E-state index is 6.26. The van der Waals surface area contributed by atoms with E-state index in [2.05, 4.69) is 19.2 Å². The predicted octanol–water partition coefficient (Wildman–Crippen LogP) is 3.94. The first kappa shape index (κ1) is 15.1. The van der Waals surface area contributed by atoms with Crippen molar-refractivity contribution in [2.75, 3.05) is 13.2 Å². The van der Waals surface area contributed by atoms with E-state index >= 15 is 0 Å². The van der Waals surface area contributed by atoms with Crippen molar-refractivity contribution >= 4 is 23.2 Å². The molecule has 0 aromatic heterocycles. The fraction of sp³-hybridized carbons (Fsp3) is 0.600. The van der Waals surface area contributed by atoms with Crippen LogP contribution in [0.15, 0.2) is 18.2 Å². The van der Waals surface area contributed by atoms with Crippen LogP contribution in [0.2, 0.25) is 10.0 Å². The molecule has 0 spiro atoms. The number of nitrogens with one attached hydrogen (secondary N) is 1. The van der Waals surface area contributed by atoms with Gasteiger partial charge in [-0.2, -0.15) is 0 Å². The van der Waals surface area contributed by atoms with Gasteiger partial charge in [0.05, 0.1) is 6.61 Å². The SMILES string of the molecule is CC(C)N[C@@H]1CCOC[C@H]1Cc1c(Cl)cccc1Cl. The molecule has 0 aliphatic carbocycles. The molecule has 2 nitrogen and oxygen atoms in total. The maximum Gasteiger partial charge on any atom is 0.0512 e. The lowest BCUT2D eigenvalue weighted by Crippen LogP contribution is -2.46.